The molecular formula is C13H22N4O. The third kappa shape index (κ3) is 2.72. The van der Waals surface area contributed by atoms with Crippen molar-refractivity contribution in [2.24, 2.45) is 11.7 Å². The first-order chi connectivity index (χ1) is 8.61. The van der Waals surface area contributed by atoms with Gasteiger partial charge in [-0.25, -0.2) is 0 Å². The van der Waals surface area contributed by atoms with Crippen LogP contribution in [0.2, 0.25) is 0 Å². The summed E-state index contributed by atoms with van der Waals surface area (Å²) in [6, 6.07) is 2.04. The molecule has 1 fully saturated rings. The Kier molecular flexibility index (Phi) is 4.01. The molecule has 1 heterocycles. The van der Waals surface area contributed by atoms with Gasteiger partial charge in [0.15, 0.2) is 0 Å². The zero-order valence-corrected chi connectivity index (χ0v) is 11.1. The van der Waals surface area contributed by atoms with Gasteiger partial charge in [-0.1, -0.05) is 20.3 Å². The Labute approximate surface area is 108 Å². The lowest BCUT2D eigenvalue weighted by Gasteiger charge is -2.18. The fourth-order valence-electron chi connectivity index (χ4n) is 2.50. The van der Waals surface area contributed by atoms with Crippen LogP contribution in [0.1, 0.15) is 55.2 Å². The van der Waals surface area contributed by atoms with Gasteiger partial charge in [0.05, 0.1) is 0 Å². The Bertz CT molecular complexity index is 413. The Morgan fingerprint density at radius 2 is 2.39 bits per heavy atom. The molecule has 0 radical (unpaired) electrons. The third-order valence-electron chi connectivity index (χ3n) is 3.73. The van der Waals surface area contributed by atoms with Gasteiger partial charge < -0.3 is 11.1 Å². The molecule has 18 heavy (non-hydrogen) atoms. The molecule has 0 saturated heterocycles. The van der Waals surface area contributed by atoms with E-state index in [1.807, 2.05) is 6.07 Å². The normalized spacial score (nSPS) is 23.6. The standard InChI is InChI=1S/C13H22N4O/c1-8(2)11-6-12(17-16-11)13(18)15-10-5-3-4-9(10)7-14/h6,8-10H,3-5,7,14H2,1-2H3,(H,15,18)(H,16,17). The van der Waals surface area contributed by atoms with E-state index in [-0.39, 0.29) is 11.9 Å². The molecule has 0 aliphatic heterocycles. The van der Waals surface area contributed by atoms with Crippen LogP contribution < -0.4 is 11.1 Å². The Balaban J connectivity index is 1.98. The van der Waals surface area contributed by atoms with E-state index >= 15 is 0 Å². The minimum atomic E-state index is -0.0940. The first-order valence-electron chi connectivity index (χ1n) is 6.68. The Morgan fingerprint density at radius 3 is 3.00 bits per heavy atom. The van der Waals surface area contributed by atoms with E-state index in [1.54, 1.807) is 0 Å². The molecule has 0 spiro atoms. The van der Waals surface area contributed by atoms with Crippen LogP contribution in [0.4, 0.5) is 0 Å². The van der Waals surface area contributed by atoms with Crippen molar-refractivity contribution < 1.29 is 4.79 Å². The van der Waals surface area contributed by atoms with Gasteiger partial charge in [0.25, 0.3) is 5.91 Å². The van der Waals surface area contributed by atoms with Crippen LogP contribution in [0.3, 0.4) is 0 Å². The van der Waals surface area contributed by atoms with E-state index < -0.39 is 0 Å². The molecular weight excluding hydrogens is 228 g/mol. The molecule has 1 aliphatic carbocycles. The summed E-state index contributed by atoms with van der Waals surface area (Å²) in [5.41, 5.74) is 7.17. The summed E-state index contributed by atoms with van der Waals surface area (Å²) in [4.78, 5) is 12.1. The first-order valence-corrected chi connectivity index (χ1v) is 6.68. The van der Waals surface area contributed by atoms with E-state index in [2.05, 4.69) is 29.4 Å². The number of H-pyrrole nitrogens is 1. The maximum absolute atomic E-state index is 12.1. The maximum Gasteiger partial charge on any atom is 0.272 e. The van der Waals surface area contributed by atoms with Crippen molar-refractivity contribution >= 4 is 5.91 Å². The van der Waals surface area contributed by atoms with Crippen LogP contribution in [-0.4, -0.2) is 28.7 Å². The summed E-state index contributed by atoms with van der Waals surface area (Å²) in [6.45, 7) is 4.77. The number of rotatable bonds is 4. The molecule has 100 valence electrons. The number of nitrogens with two attached hydrogens (primary N) is 1. The molecule has 2 rings (SSSR count). The van der Waals surface area contributed by atoms with Crippen molar-refractivity contribution in [2.45, 2.75) is 45.1 Å². The number of aromatic amines is 1. The highest BCUT2D eigenvalue weighted by molar-refractivity contribution is 5.92. The molecule has 2 atom stereocenters. The lowest BCUT2D eigenvalue weighted by atomic mass is 10.0. The monoisotopic (exact) mass is 250 g/mol. The van der Waals surface area contributed by atoms with E-state index in [9.17, 15) is 4.79 Å². The van der Waals surface area contributed by atoms with E-state index in [1.165, 1.54) is 0 Å². The SMILES string of the molecule is CC(C)c1cc(C(=O)NC2CCCC2CN)n[nH]1. The predicted octanol–water partition coefficient (Wildman–Crippen LogP) is 1.39. The molecule has 1 amide bonds. The number of carbonyl (C=O) groups is 1. The number of hydrogen-bond donors (Lipinski definition) is 3. The van der Waals surface area contributed by atoms with Crippen LogP contribution in [0.25, 0.3) is 0 Å². The average Bonchev–Trinajstić information content (AvgIpc) is 2.96. The van der Waals surface area contributed by atoms with Gasteiger partial charge in [-0.2, -0.15) is 5.10 Å². The molecule has 5 heteroatoms. The molecule has 2 unspecified atom stereocenters. The lowest BCUT2D eigenvalue weighted by molar-refractivity contribution is 0.0923. The summed E-state index contributed by atoms with van der Waals surface area (Å²) in [5.74, 6) is 0.670. The number of amides is 1. The van der Waals surface area contributed by atoms with Crippen molar-refractivity contribution in [1.82, 2.24) is 15.5 Å². The second-order valence-corrected chi connectivity index (χ2v) is 5.37. The third-order valence-corrected chi connectivity index (χ3v) is 3.73. The van der Waals surface area contributed by atoms with Gasteiger partial charge in [-0.15, -0.1) is 0 Å². The zero-order valence-electron chi connectivity index (χ0n) is 11.1. The second kappa shape index (κ2) is 5.52. The highest BCUT2D eigenvalue weighted by Crippen LogP contribution is 2.24. The Morgan fingerprint density at radius 1 is 1.61 bits per heavy atom. The first kappa shape index (κ1) is 13.1. The molecule has 5 nitrogen and oxygen atoms in total. The van der Waals surface area contributed by atoms with Crippen molar-refractivity contribution in [1.29, 1.82) is 0 Å². The highest BCUT2D eigenvalue weighted by Gasteiger charge is 2.28. The summed E-state index contributed by atoms with van der Waals surface area (Å²) < 4.78 is 0. The van der Waals surface area contributed by atoms with Crippen molar-refractivity contribution in [3.63, 3.8) is 0 Å². The fourth-order valence-corrected chi connectivity index (χ4v) is 2.50. The second-order valence-electron chi connectivity index (χ2n) is 5.37. The van der Waals surface area contributed by atoms with Crippen LogP contribution in [-0.2, 0) is 0 Å². The molecule has 1 saturated carbocycles. The van der Waals surface area contributed by atoms with Gasteiger partial charge in [0, 0.05) is 11.7 Å². The van der Waals surface area contributed by atoms with Crippen LogP contribution in [0.15, 0.2) is 6.07 Å². The molecule has 0 aromatic carbocycles. The minimum absolute atomic E-state index is 0.0940. The minimum Gasteiger partial charge on any atom is -0.348 e. The predicted molar refractivity (Wildman–Crippen MR) is 70.3 cm³/mol. The van der Waals surface area contributed by atoms with Gasteiger partial charge in [-0.3, -0.25) is 9.89 Å². The maximum atomic E-state index is 12.1. The number of aromatic nitrogens is 2. The van der Waals surface area contributed by atoms with Crippen LogP contribution >= 0.6 is 0 Å². The Hall–Kier alpha value is -1.36. The van der Waals surface area contributed by atoms with Crippen LogP contribution in [0.5, 0.6) is 0 Å². The van der Waals surface area contributed by atoms with Crippen LogP contribution in [0, 0.1) is 5.92 Å². The number of nitrogens with zero attached hydrogens (tertiary/aromatic N) is 1. The van der Waals surface area contributed by atoms with Gasteiger partial charge in [0.2, 0.25) is 0 Å². The zero-order chi connectivity index (χ0) is 13.1. The van der Waals surface area contributed by atoms with Gasteiger partial charge in [-0.05, 0) is 37.3 Å². The summed E-state index contributed by atoms with van der Waals surface area (Å²) >= 11 is 0. The van der Waals surface area contributed by atoms with E-state index in [0.29, 0.717) is 24.1 Å². The summed E-state index contributed by atoms with van der Waals surface area (Å²) in [5, 5.41) is 10.0. The van der Waals surface area contributed by atoms with Crippen molar-refractivity contribution in [3.8, 4) is 0 Å². The topological polar surface area (TPSA) is 83.8 Å². The largest absolute Gasteiger partial charge is 0.348 e. The summed E-state index contributed by atoms with van der Waals surface area (Å²) in [7, 11) is 0. The van der Waals surface area contributed by atoms with Gasteiger partial charge >= 0.3 is 0 Å². The number of hydrogen-bond acceptors (Lipinski definition) is 3. The lowest BCUT2D eigenvalue weighted by Crippen LogP contribution is -2.40. The van der Waals surface area contributed by atoms with E-state index in [0.717, 1.165) is 25.0 Å². The average molecular weight is 250 g/mol. The smallest absolute Gasteiger partial charge is 0.272 e. The number of carbonyl (C=O) groups excluding carboxylic acids is 1. The molecule has 0 bridgehead atoms. The van der Waals surface area contributed by atoms with E-state index in [4.69, 9.17) is 5.73 Å². The quantitative estimate of drug-likeness (QED) is 0.755. The molecule has 1 aromatic rings. The molecule has 1 aliphatic rings. The fraction of sp³-hybridized carbons (Fsp3) is 0.692. The summed E-state index contributed by atoms with van der Waals surface area (Å²) in [6.07, 6.45) is 3.28. The molecule has 1 aromatic heterocycles. The van der Waals surface area contributed by atoms with Gasteiger partial charge in [0.1, 0.15) is 5.69 Å². The molecule has 4 N–H and O–H groups in total. The van der Waals surface area contributed by atoms with Crippen molar-refractivity contribution in [2.75, 3.05) is 6.54 Å². The number of nitrogens with one attached hydrogen (secondary N) is 2. The van der Waals surface area contributed by atoms with Crippen molar-refractivity contribution in [3.05, 3.63) is 17.5 Å². The highest BCUT2D eigenvalue weighted by atomic mass is 16.2.